The van der Waals surface area contributed by atoms with Crippen LogP contribution in [0.15, 0.2) is 4.90 Å². The minimum absolute atomic E-state index is 1.36. The summed E-state index contributed by atoms with van der Waals surface area (Å²) in [5.41, 5.74) is 0. The van der Waals surface area contributed by atoms with E-state index in [1.165, 1.54) is 7.07 Å². The molecule has 0 unspecified atom stereocenters. The molecule has 0 aliphatic heterocycles. The first kappa shape index (κ1) is 13.2. The van der Waals surface area contributed by atoms with Crippen LogP contribution in [0.3, 0.4) is 0 Å². The summed E-state index contributed by atoms with van der Waals surface area (Å²) in [6, 6.07) is 2.45. The summed E-state index contributed by atoms with van der Waals surface area (Å²) < 4.78 is 0. The van der Waals surface area contributed by atoms with E-state index in [-0.39, 0.29) is 0 Å². The molecule has 0 bridgehead atoms. The first-order valence-corrected chi connectivity index (χ1v) is 4.27. The van der Waals surface area contributed by atoms with Gasteiger partial charge in [-0.3, -0.25) is 0 Å². The SMILES string of the molecule is CC#CC#CC#CB=NC#CC#CC#CC. The van der Waals surface area contributed by atoms with Crippen molar-refractivity contribution in [2.75, 3.05) is 0 Å². The van der Waals surface area contributed by atoms with E-state index in [2.05, 4.69) is 76.0 Å². The molecule has 0 fully saturated rings. The molecule has 0 aromatic carbocycles. The molecule has 0 rings (SSSR count). The summed E-state index contributed by atoms with van der Waals surface area (Å²) in [4.78, 5) is 3.67. The van der Waals surface area contributed by atoms with E-state index in [4.69, 9.17) is 0 Å². The molecule has 0 aliphatic carbocycles. The van der Waals surface area contributed by atoms with Gasteiger partial charge in [0, 0.05) is 0 Å². The van der Waals surface area contributed by atoms with E-state index >= 15 is 0 Å². The number of hydrogen-bond donors (Lipinski definition) is 0. The Morgan fingerprint density at radius 2 is 1.25 bits per heavy atom. The van der Waals surface area contributed by atoms with Gasteiger partial charge in [0.05, 0.1) is 0 Å². The van der Waals surface area contributed by atoms with Crippen LogP contribution >= 0.6 is 0 Å². The van der Waals surface area contributed by atoms with Crippen molar-refractivity contribution in [2.45, 2.75) is 13.8 Å². The average Bonchev–Trinajstić information content (AvgIpc) is 2.31. The second-order valence-corrected chi connectivity index (χ2v) is 2.01. The maximum atomic E-state index is 3.67. The van der Waals surface area contributed by atoms with Crippen LogP contribution in [-0.2, 0) is 0 Å². The molecule has 70 valence electrons. The zero-order valence-electron chi connectivity index (χ0n) is 9.02. The molecule has 0 N–H and O–H groups in total. The zero-order chi connectivity index (χ0) is 11.9. The van der Waals surface area contributed by atoms with Crippen LogP contribution in [0.2, 0.25) is 0 Å². The van der Waals surface area contributed by atoms with Crippen molar-refractivity contribution < 1.29 is 0 Å². The van der Waals surface area contributed by atoms with E-state index in [0.29, 0.717) is 0 Å². The van der Waals surface area contributed by atoms with Crippen LogP contribution in [-0.4, -0.2) is 7.07 Å². The first-order chi connectivity index (χ1) is 7.91. The number of nitrogens with zero attached hydrogens (tertiary/aromatic N) is 1. The van der Waals surface area contributed by atoms with Crippen molar-refractivity contribution in [3.8, 4) is 71.1 Å². The molecule has 0 spiro atoms. The minimum atomic E-state index is 1.36. The van der Waals surface area contributed by atoms with Gasteiger partial charge < -0.3 is 0 Å². The molecule has 0 amide bonds. The molecular weight excluding hydrogens is 193 g/mol. The van der Waals surface area contributed by atoms with E-state index < -0.39 is 0 Å². The molecule has 0 saturated heterocycles. The topological polar surface area (TPSA) is 12.4 Å². The van der Waals surface area contributed by atoms with Gasteiger partial charge in [0.15, 0.2) is 0 Å². The Morgan fingerprint density at radius 1 is 0.688 bits per heavy atom. The third-order valence-corrected chi connectivity index (χ3v) is 0.947. The fourth-order valence-electron chi connectivity index (χ4n) is 0.443. The Kier molecular flexibility index (Phi) is 10.1. The molecule has 0 atom stereocenters. The predicted molar refractivity (Wildman–Crippen MR) is 66.2 cm³/mol. The van der Waals surface area contributed by atoms with Crippen molar-refractivity contribution in [3.05, 3.63) is 0 Å². The zero-order valence-corrected chi connectivity index (χ0v) is 9.02. The molecule has 0 radical (unpaired) electrons. The monoisotopic (exact) mass is 199 g/mol. The predicted octanol–water partition coefficient (Wildman–Crippen LogP) is 0.849. The number of rotatable bonds is 0. The Labute approximate surface area is 97.4 Å². The maximum absolute atomic E-state index is 3.67. The molecule has 0 aromatic rings. The fourth-order valence-corrected chi connectivity index (χ4v) is 0.443. The standard InChI is InChI=1S/C14H6BN/c1-3-5-7-9-11-13-15-16-14-12-10-8-6-4-2/h1-2H3. The van der Waals surface area contributed by atoms with Crippen LogP contribution in [0.1, 0.15) is 13.8 Å². The van der Waals surface area contributed by atoms with Gasteiger partial charge in [0.1, 0.15) is 0 Å². The van der Waals surface area contributed by atoms with Crippen LogP contribution in [0.25, 0.3) is 0 Å². The summed E-state index contributed by atoms with van der Waals surface area (Å²) >= 11 is 0. The van der Waals surface area contributed by atoms with E-state index in [1.807, 2.05) is 0 Å². The van der Waals surface area contributed by atoms with Gasteiger partial charge in [-0.05, 0) is 0 Å². The van der Waals surface area contributed by atoms with Crippen LogP contribution in [0.5, 0.6) is 0 Å². The third-order valence-electron chi connectivity index (χ3n) is 0.947. The van der Waals surface area contributed by atoms with Gasteiger partial charge in [-0.15, -0.1) is 0 Å². The summed E-state index contributed by atoms with van der Waals surface area (Å²) in [6.07, 6.45) is 0. The Hall–Kier alpha value is -2.78. The molecule has 0 heterocycles. The van der Waals surface area contributed by atoms with Crippen molar-refractivity contribution in [3.63, 3.8) is 0 Å². The van der Waals surface area contributed by atoms with Crippen LogP contribution in [0, 0.1) is 71.1 Å². The molecule has 0 saturated carbocycles. The van der Waals surface area contributed by atoms with Crippen LogP contribution in [0.4, 0.5) is 0 Å². The van der Waals surface area contributed by atoms with E-state index in [1.54, 1.807) is 13.8 Å². The molecule has 0 aromatic heterocycles. The van der Waals surface area contributed by atoms with Gasteiger partial charge in [-0.1, -0.05) is 0 Å². The summed E-state index contributed by atoms with van der Waals surface area (Å²) in [5, 5.41) is 0. The van der Waals surface area contributed by atoms with Crippen molar-refractivity contribution >= 4 is 7.07 Å². The summed E-state index contributed by atoms with van der Waals surface area (Å²) in [5.74, 6) is 28.1. The van der Waals surface area contributed by atoms with Gasteiger partial charge in [0.25, 0.3) is 0 Å². The van der Waals surface area contributed by atoms with E-state index in [0.717, 1.165) is 0 Å². The van der Waals surface area contributed by atoms with Gasteiger partial charge in [-0.2, -0.15) is 0 Å². The Bertz CT molecular complexity index is 557. The normalized spacial score (nSPS) is 4.88. The fraction of sp³-hybridized carbons (Fsp3) is 0.143. The summed E-state index contributed by atoms with van der Waals surface area (Å²) in [7, 11) is 1.36. The molecular formula is C14H6BN. The van der Waals surface area contributed by atoms with Crippen LogP contribution < -0.4 is 0 Å². The quantitative estimate of drug-likeness (QED) is 0.405. The molecule has 0 aliphatic rings. The Morgan fingerprint density at radius 3 is 1.88 bits per heavy atom. The molecule has 1 nitrogen and oxygen atoms in total. The first-order valence-electron chi connectivity index (χ1n) is 4.27. The van der Waals surface area contributed by atoms with Gasteiger partial charge >= 0.3 is 96.9 Å². The van der Waals surface area contributed by atoms with Crippen molar-refractivity contribution in [1.29, 1.82) is 0 Å². The Balaban J connectivity index is 4.12. The van der Waals surface area contributed by atoms with E-state index in [9.17, 15) is 0 Å². The molecule has 16 heavy (non-hydrogen) atoms. The third kappa shape index (κ3) is 11.2. The van der Waals surface area contributed by atoms with Gasteiger partial charge in [0.2, 0.25) is 0 Å². The number of hydrogen-bond acceptors (Lipinski definition) is 1. The van der Waals surface area contributed by atoms with Crippen molar-refractivity contribution in [2.24, 2.45) is 4.90 Å². The second-order valence-electron chi connectivity index (χ2n) is 2.01. The van der Waals surface area contributed by atoms with Crippen molar-refractivity contribution in [1.82, 2.24) is 0 Å². The summed E-state index contributed by atoms with van der Waals surface area (Å²) in [6.45, 7) is 3.42. The van der Waals surface area contributed by atoms with Gasteiger partial charge in [-0.25, -0.2) is 0 Å². The molecule has 2 heteroatoms. The average molecular weight is 199 g/mol. The second kappa shape index (κ2) is 12.2.